The zero-order valence-electron chi connectivity index (χ0n) is 15.2. The molecule has 0 aliphatic carbocycles. The van der Waals surface area contributed by atoms with Crippen LogP contribution in [0.5, 0.6) is 0 Å². The van der Waals surface area contributed by atoms with Crippen LogP contribution in [0.25, 0.3) is 10.9 Å². The first-order valence-electron chi connectivity index (χ1n) is 9.06. The average molecular weight is 380 g/mol. The minimum Gasteiger partial charge on any atom is -0.378 e. The fourth-order valence-corrected chi connectivity index (χ4v) is 3.02. The molecule has 9 heteroatoms. The highest BCUT2D eigenvalue weighted by Crippen LogP contribution is 2.10. The number of benzene rings is 1. The molecule has 1 aromatic carbocycles. The van der Waals surface area contributed by atoms with Crippen molar-refractivity contribution in [3.05, 3.63) is 58.9 Å². The zero-order valence-corrected chi connectivity index (χ0v) is 15.2. The molecule has 0 spiro atoms. The fraction of sp³-hybridized carbons (Fsp3) is 0.316. The van der Waals surface area contributed by atoms with Crippen LogP contribution in [0.2, 0.25) is 0 Å². The Morgan fingerprint density at radius 2 is 1.96 bits per heavy atom. The van der Waals surface area contributed by atoms with Gasteiger partial charge in [0.15, 0.2) is 0 Å². The average Bonchev–Trinajstić information content (AvgIpc) is 2.75. The molecule has 1 saturated heterocycles. The summed E-state index contributed by atoms with van der Waals surface area (Å²) < 4.78 is 6.64. The lowest BCUT2D eigenvalue weighted by Gasteiger charge is -2.26. The fourth-order valence-electron chi connectivity index (χ4n) is 3.02. The van der Waals surface area contributed by atoms with Crippen molar-refractivity contribution in [2.75, 3.05) is 31.2 Å². The Morgan fingerprint density at radius 1 is 1.14 bits per heavy atom. The Kier molecular flexibility index (Phi) is 5.24. The van der Waals surface area contributed by atoms with Gasteiger partial charge in [-0.3, -0.25) is 14.2 Å². The van der Waals surface area contributed by atoms with E-state index in [2.05, 4.69) is 25.2 Å². The predicted octanol–water partition coefficient (Wildman–Crippen LogP) is 0.339. The summed E-state index contributed by atoms with van der Waals surface area (Å²) in [5.41, 5.74) is 1.08. The van der Waals surface area contributed by atoms with E-state index >= 15 is 0 Å². The monoisotopic (exact) mass is 380 g/mol. The number of ether oxygens (including phenoxy) is 1. The van der Waals surface area contributed by atoms with Gasteiger partial charge in [-0.15, -0.1) is 0 Å². The summed E-state index contributed by atoms with van der Waals surface area (Å²) in [5.74, 6) is 0.343. The second-order valence-electron chi connectivity index (χ2n) is 6.42. The third-order valence-electron chi connectivity index (χ3n) is 4.51. The Balaban J connectivity index is 1.40. The summed E-state index contributed by atoms with van der Waals surface area (Å²) in [5, 5.41) is 3.28. The molecular weight excluding hydrogens is 360 g/mol. The highest BCUT2D eigenvalue weighted by molar-refractivity contribution is 5.78. The van der Waals surface area contributed by atoms with Crippen molar-refractivity contribution in [2.45, 2.75) is 13.1 Å². The maximum atomic E-state index is 12.5. The van der Waals surface area contributed by atoms with Gasteiger partial charge in [0.25, 0.3) is 5.56 Å². The molecule has 144 valence electrons. The summed E-state index contributed by atoms with van der Waals surface area (Å²) >= 11 is 0. The number of anilines is 1. The van der Waals surface area contributed by atoms with Crippen LogP contribution < -0.4 is 15.8 Å². The molecule has 9 nitrogen and oxygen atoms in total. The van der Waals surface area contributed by atoms with Crippen molar-refractivity contribution in [2.24, 2.45) is 0 Å². The van der Waals surface area contributed by atoms with E-state index in [0.717, 1.165) is 13.1 Å². The highest BCUT2D eigenvalue weighted by atomic mass is 16.5. The van der Waals surface area contributed by atoms with Crippen LogP contribution in [0, 0.1) is 0 Å². The number of hydrogen-bond acceptors (Lipinski definition) is 7. The molecule has 1 amide bonds. The molecule has 1 N–H and O–H groups in total. The van der Waals surface area contributed by atoms with Crippen LogP contribution in [0.15, 0.2) is 47.7 Å². The van der Waals surface area contributed by atoms with Gasteiger partial charge < -0.3 is 15.0 Å². The second-order valence-corrected chi connectivity index (χ2v) is 6.42. The first kappa shape index (κ1) is 18.1. The van der Waals surface area contributed by atoms with Gasteiger partial charge in [-0.1, -0.05) is 12.1 Å². The van der Waals surface area contributed by atoms with Gasteiger partial charge in [-0.05, 0) is 18.2 Å². The van der Waals surface area contributed by atoms with E-state index in [1.54, 1.807) is 30.5 Å². The van der Waals surface area contributed by atoms with Crippen LogP contribution >= 0.6 is 0 Å². The molecule has 3 aromatic rings. The molecule has 28 heavy (non-hydrogen) atoms. The molecule has 0 radical (unpaired) electrons. The lowest BCUT2D eigenvalue weighted by Crippen LogP contribution is -2.37. The van der Waals surface area contributed by atoms with E-state index in [-0.39, 0.29) is 24.6 Å². The Morgan fingerprint density at radius 3 is 2.82 bits per heavy atom. The van der Waals surface area contributed by atoms with Gasteiger partial charge in [0.1, 0.15) is 6.54 Å². The van der Waals surface area contributed by atoms with Crippen molar-refractivity contribution >= 4 is 22.8 Å². The first-order chi connectivity index (χ1) is 13.7. The van der Waals surface area contributed by atoms with Gasteiger partial charge in [-0.2, -0.15) is 0 Å². The molecule has 0 bridgehead atoms. The van der Waals surface area contributed by atoms with E-state index < -0.39 is 0 Å². The van der Waals surface area contributed by atoms with E-state index in [4.69, 9.17) is 4.74 Å². The van der Waals surface area contributed by atoms with Crippen LogP contribution in [0.1, 0.15) is 5.69 Å². The second kappa shape index (κ2) is 8.13. The van der Waals surface area contributed by atoms with Crippen LogP contribution in [-0.4, -0.2) is 51.7 Å². The number of rotatable bonds is 5. The van der Waals surface area contributed by atoms with E-state index in [0.29, 0.717) is 35.8 Å². The van der Waals surface area contributed by atoms with Gasteiger partial charge in [-0.25, -0.2) is 15.0 Å². The van der Waals surface area contributed by atoms with Crippen molar-refractivity contribution in [1.29, 1.82) is 0 Å². The van der Waals surface area contributed by atoms with Gasteiger partial charge >= 0.3 is 0 Å². The third kappa shape index (κ3) is 3.99. The van der Waals surface area contributed by atoms with Crippen molar-refractivity contribution < 1.29 is 9.53 Å². The van der Waals surface area contributed by atoms with Crippen molar-refractivity contribution in [3.8, 4) is 0 Å². The lowest BCUT2D eigenvalue weighted by molar-refractivity contribution is -0.121. The number of nitrogens with zero attached hydrogens (tertiary/aromatic N) is 5. The molecule has 4 rings (SSSR count). The summed E-state index contributed by atoms with van der Waals surface area (Å²) in [7, 11) is 0. The van der Waals surface area contributed by atoms with Gasteiger partial charge in [0, 0.05) is 19.3 Å². The van der Waals surface area contributed by atoms with E-state index in [9.17, 15) is 9.59 Å². The van der Waals surface area contributed by atoms with Gasteiger partial charge in [0.2, 0.25) is 11.9 Å². The van der Waals surface area contributed by atoms with Gasteiger partial charge in [0.05, 0.1) is 42.7 Å². The number of morpholine rings is 1. The molecule has 1 aliphatic heterocycles. The predicted molar refractivity (Wildman–Crippen MR) is 103 cm³/mol. The number of carbonyl (C=O) groups excluding carboxylic acids is 1. The van der Waals surface area contributed by atoms with Crippen LogP contribution in [-0.2, 0) is 22.6 Å². The number of nitrogens with one attached hydrogen (secondary N) is 1. The molecule has 2 aromatic heterocycles. The number of fused-ring (bicyclic) bond motifs is 1. The quantitative estimate of drug-likeness (QED) is 0.681. The molecule has 0 unspecified atom stereocenters. The summed E-state index contributed by atoms with van der Waals surface area (Å²) in [6.45, 7) is 2.95. The van der Waals surface area contributed by atoms with Crippen LogP contribution in [0.4, 0.5) is 5.95 Å². The third-order valence-corrected chi connectivity index (χ3v) is 4.51. The molecule has 0 saturated carbocycles. The Hall–Kier alpha value is -3.33. The highest BCUT2D eigenvalue weighted by Gasteiger charge is 2.14. The van der Waals surface area contributed by atoms with Crippen molar-refractivity contribution in [3.63, 3.8) is 0 Å². The molecule has 1 aliphatic rings. The molecule has 0 atom stereocenters. The number of hydrogen-bond donors (Lipinski definition) is 1. The zero-order chi connectivity index (χ0) is 19.3. The largest absolute Gasteiger partial charge is 0.378 e. The Labute approximate surface area is 161 Å². The lowest BCUT2D eigenvalue weighted by atomic mass is 10.2. The van der Waals surface area contributed by atoms with Crippen molar-refractivity contribution in [1.82, 2.24) is 24.8 Å². The maximum Gasteiger partial charge on any atom is 0.261 e. The summed E-state index contributed by atoms with van der Waals surface area (Å²) in [6.07, 6.45) is 3.07. The number of amides is 1. The van der Waals surface area contributed by atoms with E-state index in [1.165, 1.54) is 10.9 Å². The molecule has 3 heterocycles. The standard InChI is InChI=1S/C19H20N6O3/c26-17(12-25-13-22-16-4-2-1-3-15(16)18(25)27)21-11-14-5-6-20-19(23-14)24-7-9-28-10-8-24/h1-6,13H,7-12H2,(H,21,26). The number of carbonyl (C=O) groups is 1. The molecule has 1 fully saturated rings. The Bertz CT molecular complexity index is 1050. The van der Waals surface area contributed by atoms with E-state index in [1.807, 2.05) is 6.07 Å². The number of para-hydroxylation sites is 1. The summed E-state index contributed by atoms with van der Waals surface area (Å²) in [6, 6.07) is 8.82. The first-order valence-corrected chi connectivity index (χ1v) is 9.06. The normalized spacial score (nSPS) is 14.2. The topological polar surface area (TPSA) is 102 Å². The summed E-state index contributed by atoms with van der Waals surface area (Å²) in [4.78, 5) is 39.8. The SMILES string of the molecule is O=C(Cn1cnc2ccccc2c1=O)NCc1ccnc(N2CCOCC2)n1. The maximum absolute atomic E-state index is 12.5. The molecular formula is C19H20N6O3. The van der Waals surface area contributed by atoms with Crippen LogP contribution in [0.3, 0.4) is 0 Å². The number of aromatic nitrogens is 4. The minimum atomic E-state index is -0.286. The minimum absolute atomic E-state index is 0.0991. The smallest absolute Gasteiger partial charge is 0.261 e.